The van der Waals surface area contributed by atoms with E-state index in [9.17, 15) is 0 Å². The lowest BCUT2D eigenvalue weighted by atomic mass is 10.2. The zero-order chi connectivity index (χ0) is 11.8. The molecule has 0 bridgehead atoms. The van der Waals surface area contributed by atoms with Crippen molar-refractivity contribution in [2.45, 2.75) is 18.9 Å². The predicted molar refractivity (Wildman–Crippen MR) is 58.8 cm³/mol. The van der Waals surface area contributed by atoms with Gasteiger partial charge in [0.1, 0.15) is 17.6 Å². The number of anilines is 1. The average Bonchev–Trinajstić information content (AvgIpc) is 2.87. The van der Waals surface area contributed by atoms with Gasteiger partial charge in [-0.25, -0.2) is 0 Å². The van der Waals surface area contributed by atoms with Gasteiger partial charge < -0.3 is 15.0 Å². The molecule has 3 N–H and O–H groups in total. The third kappa shape index (κ3) is 1.89. The summed E-state index contributed by atoms with van der Waals surface area (Å²) in [4.78, 5) is 4.30. The number of methoxy groups -OCH3 is 1. The monoisotopic (exact) mass is 235 g/mol. The number of hydrogen-bond donors (Lipinski definition) is 2. The number of hydrogen-bond acceptors (Lipinski definition) is 6. The quantitative estimate of drug-likeness (QED) is 0.823. The molecule has 3 rings (SSSR count). The number of nitrogens with zero attached hydrogens (tertiary/aromatic N) is 3. The van der Waals surface area contributed by atoms with Crippen LogP contribution in [0.5, 0.6) is 0 Å². The Morgan fingerprint density at radius 2 is 2.41 bits per heavy atom. The third-order valence-corrected chi connectivity index (χ3v) is 2.83. The van der Waals surface area contributed by atoms with Gasteiger partial charge in [0, 0.05) is 13.2 Å². The van der Waals surface area contributed by atoms with Crippen LogP contribution in [0.15, 0.2) is 10.6 Å². The molecule has 1 unspecified atom stereocenters. The number of aromatic amines is 1. The number of nitrogens with two attached hydrogens (primary N) is 1. The van der Waals surface area contributed by atoms with Crippen LogP contribution in [0.4, 0.5) is 5.82 Å². The fraction of sp³-hybridized carbons (Fsp3) is 0.500. The summed E-state index contributed by atoms with van der Waals surface area (Å²) in [6.45, 7) is 0. The second kappa shape index (κ2) is 3.85. The van der Waals surface area contributed by atoms with Crippen molar-refractivity contribution in [1.29, 1.82) is 0 Å². The van der Waals surface area contributed by atoms with Gasteiger partial charge in [-0.2, -0.15) is 10.1 Å². The van der Waals surface area contributed by atoms with E-state index in [0.29, 0.717) is 29.1 Å². The van der Waals surface area contributed by atoms with Gasteiger partial charge in [-0.3, -0.25) is 5.10 Å². The summed E-state index contributed by atoms with van der Waals surface area (Å²) in [6.07, 6.45) is 2.23. The highest BCUT2D eigenvalue weighted by Crippen LogP contribution is 2.42. The SMILES string of the molecule is COC(c1noc(-c2cc(N)n[nH]2)n1)C1CC1. The Morgan fingerprint density at radius 3 is 3.00 bits per heavy atom. The Bertz CT molecular complexity index is 516. The molecule has 1 atom stereocenters. The first-order chi connectivity index (χ1) is 8.28. The number of aromatic nitrogens is 4. The molecular formula is C10H13N5O2. The van der Waals surface area contributed by atoms with Crippen molar-refractivity contribution < 1.29 is 9.26 Å². The maximum absolute atomic E-state index is 5.51. The maximum atomic E-state index is 5.51. The summed E-state index contributed by atoms with van der Waals surface area (Å²) in [7, 11) is 1.66. The number of nitrogens with one attached hydrogen (secondary N) is 1. The van der Waals surface area contributed by atoms with Crippen molar-refractivity contribution in [2.24, 2.45) is 5.92 Å². The number of ether oxygens (including phenoxy) is 1. The molecule has 1 fully saturated rings. The molecular weight excluding hydrogens is 222 g/mol. The van der Waals surface area contributed by atoms with Gasteiger partial charge >= 0.3 is 0 Å². The lowest BCUT2D eigenvalue weighted by Crippen LogP contribution is -2.05. The minimum Gasteiger partial charge on any atom is -0.382 e. The first-order valence-corrected chi connectivity index (χ1v) is 5.45. The molecule has 2 heterocycles. The van der Waals surface area contributed by atoms with Gasteiger partial charge in [0.05, 0.1) is 0 Å². The van der Waals surface area contributed by atoms with Gasteiger partial charge in [0.25, 0.3) is 5.89 Å². The van der Waals surface area contributed by atoms with E-state index in [1.807, 2.05) is 0 Å². The summed E-state index contributed by atoms with van der Waals surface area (Å²) < 4.78 is 10.5. The number of nitrogen functional groups attached to an aromatic ring is 1. The molecule has 7 heteroatoms. The van der Waals surface area contributed by atoms with Crippen molar-refractivity contribution in [3.05, 3.63) is 11.9 Å². The van der Waals surface area contributed by atoms with Gasteiger partial charge in [-0.05, 0) is 18.8 Å². The van der Waals surface area contributed by atoms with E-state index in [1.54, 1.807) is 13.2 Å². The molecule has 90 valence electrons. The second-order valence-electron chi connectivity index (χ2n) is 4.16. The van der Waals surface area contributed by atoms with E-state index in [2.05, 4.69) is 20.3 Å². The minimum atomic E-state index is -0.0761. The molecule has 1 aliphatic carbocycles. The van der Waals surface area contributed by atoms with E-state index >= 15 is 0 Å². The lowest BCUT2D eigenvalue weighted by molar-refractivity contribution is 0.0751. The molecule has 0 spiro atoms. The van der Waals surface area contributed by atoms with Crippen molar-refractivity contribution in [1.82, 2.24) is 20.3 Å². The van der Waals surface area contributed by atoms with Crippen LogP contribution >= 0.6 is 0 Å². The van der Waals surface area contributed by atoms with Gasteiger partial charge in [0.15, 0.2) is 0 Å². The summed E-state index contributed by atoms with van der Waals surface area (Å²) in [5.41, 5.74) is 6.13. The molecule has 2 aromatic rings. The molecule has 1 saturated carbocycles. The Labute approximate surface area is 97.3 Å². The van der Waals surface area contributed by atoms with Gasteiger partial charge in [-0.15, -0.1) is 0 Å². The van der Waals surface area contributed by atoms with E-state index in [4.69, 9.17) is 15.0 Å². The van der Waals surface area contributed by atoms with Gasteiger partial charge in [0.2, 0.25) is 5.82 Å². The van der Waals surface area contributed by atoms with Crippen LogP contribution in [0, 0.1) is 5.92 Å². The van der Waals surface area contributed by atoms with E-state index in [-0.39, 0.29) is 6.10 Å². The lowest BCUT2D eigenvalue weighted by Gasteiger charge is -2.07. The zero-order valence-electron chi connectivity index (χ0n) is 9.38. The Kier molecular flexibility index (Phi) is 2.32. The number of H-pyrrole nitrogens is 1. The van der Waals surface area contributed by atoms with Crippen molar-refractivity contribution >= 4 is 5.82 Å². The fourth-order valence-electron chi connectivity index (χ4n) is 1.81. The van der Waals surface area contributed by atoms with E-state index in [1.165, 1.54) is 0 Å². The molecule has 0 aliphatic heterocycles. The van der Waals surface area contributed by atoms with Crippen LogP contribution in [-0.2, 0) is 4.74 Å². The molecule has 7 nitrogen and oxygen atoms in total. The third-order valence-electron chi connectivity index (χ3n) is 2.83. The maximum Gasteiger partial charge on any atom is 0.276 e. The topological polar surface area (TPSA) is 103 Å². The minimum absolute atomic E-state index is 0.0761. The molecule has 0 radical (unpaired) electrons. The van der Waals surface area contributed by atoms with Gasteiger partial charge in [-0.1, -0.05) is 5.16 Å². The number of rotatable bonds is 4. The second-order valence-corrected chi connectivity index (χ2v) is 4.16. The first kappa shape index (κ1) is 10.3. The summed E-state index contributed by atoms with van der Waals surface area (Å²) in [6, 6.07) is 1.65. The van der Waals surface area contributed by atoms with Crippen LogP contribution in [0.3, 0.4) is 0 Å². The zero-order valence-corrected chi connectivity index (χ0v) is 9.38. The highest BCUT2D eigenvalue weighted by molar-refractivity contribution is 5.51. The van der Waals surface area contributed by atoms with Crippen molar-refractivity contribution in [3.8, 4) is 11.6 Å². The standard InChI is InChI=1S/C10H13N5O2/c1-16-8(5-2-3-5)9-12-10(17-15-9)6-4-7(11)14-13-6/h4-5,8H,2-3H2,1H3,(H3,11,13,14). The molecule has 17 heavy (non-hydrogen) atoms. The van der Waals surface area contributed by atoms with Crippen LogP contribution < -0.4 is 5.73 Å². The molecule has 0 saturated heterocycles. The fourth-order valence-corrected chi connectivity index (χ4v) is 1.81. The van der Waals surface area contributed by atoms with Crippen LogP contribution in [0.1, 0.15) is 24.8 Å². The first-order valence-electron chi connectivity index (χ1n) is 5.45. The summed E-state index contributed by atoms with van der Waals surface area (Å²) in [5, 5.41) is 10.5. The molecule has 2 aromatic heterocycles. The van der Waals surface area contributed by atoms with Crippen molar-refractivity contribution in [3.63, 3.8) is 0 Å². The van der Waals surface area contributed by atoms with E-state index < -0.39 is 0 Å². The highest BCUT2D eigenvalue weighted by Gasteiger charge is 2.35. The predicted octanol–water partition coefficient (Wildman–Crippen LogP) is 1.14. The smallest absolute Gasteiger partial charge is 0.276 e. The molecule has 0 amide bonds. The highest BCUT2D eigenvalue weighted by atomic mass is 16.5. The Hall–Kier alpha value is -1.89. The van der Waals surface area contributed by atoms with Crippen LogP contribution in [-0.4, -0.2) is 27.4 Å². The van der Waals surface area contributed by atoms with E-state index in [0.717, 1.165) is 12.8 Å². The molecule has 1 aliphatic rings. The summed E-state index contributed by atoms with van der Waals surface area (Å²) in [5.74, 6) is 1.87. The van der Waals surface area contributed by atoms with Crippen LogP contribution in [0.2, 0.25) is 0 Å². The summed E-state index contributed by atoms with van der Waals surface area (Å²) >= 11 is 0. The Morgan fingerprint density at radius 1 is 1.59 bits per heavy atom. The Balaban J connectivity index is 1.86. The van der Waals surface area contributed by atoms with Crippen LogP contribution in [0.25, 0.3) is 11.6 Å². The average molecular weight is 235 g/mol. The normalized spacial score (nSPS) is 17.2. The molecule has 0 aromatic carbocycles. The van der Waals surface area contributed by atoms with Crippen molar-refractivity contribution in [2.75, 3.05) is 12.8 Å². The largest absolute Gasteiger partial charge is 0.382 e.